The topological polar surface area (TPSA) is 117 Å². The zero-order valence-corrected chi connectivity index (χ0v) is 27.7. The molecule has 3 N–H and O–H groups in total. The highest BCUT2D eigenvalue weighted by Gasteiger charge is 2.20. The number of rotatable bonds is 10. The summed E-state index contributed by atoms with van der Waals surface area (Å²) in [4.78, 5) is 34.4. The number of nitrogens with one attached hydrogen (secondary N) is 3. The lowest BCUT2D eigenvalue weighted by Crippen LogP contribution is -2.48. The SMILES string of the molecule is CCCCc1cc(NC(=O)Nc2ccc(OCc3ccnc(NC(=O)N4CCN(C)CC4)c3)c3ccccc23)n(-c2ccc(C)cc2)n1. The van der Waals surface area contributed by atoms with Crippen LogP contribution < -0.4 is 20.7 Å². The lowest BCUT2D eigenvalue weighted by atomic mass is 10.1. The second-order valence-electron chi connectivity index (χ2n) is 12.2. The smallest absolute Gasteiger partial charge is 0.324 e. The van der Waals surface area contributed by atoms with Crippen LogP contribution in [-0.4, -0.2) is 69.9 Å². The van der Waals surface area contributed by atoms with Crippen LogP contribution in [0, 0.1) is 6.92 Å². The third kappa shape index (κ3) is 7.92. The third-order valence-corrected chi connectivity index (χ3v) is 8.44. The van der Waals surface area contributed by atoms with Crippen LogP contribution in [0.1, 0.15) is 36.6 Å². The van der Waals surface area contributed by atoms with Crippen molar-refractivity contribution in [1.82, 2.24) is 24.6 Å². The molecule has 248 valence electrons. The molecule has 0 radical (unpaired) electrons. The van der Waals surface area contributed by atoms with Gasteiger partial charge in [-0.2, -0.15) is 5.10 Å². The number of benzene rings is 3. The molecule has 0 aliphatic carbocycles. The lowest BCUT2D eigenvalue weighted by molar-refractivity contribution is 0.164. The third-order valence-electron chi connectivity index (χ3n) is 8.44. The zero-order chi connectivity index (χ0) is 33.5. The summed E-state index contributed by atoms with van der Waals surface area (Å²) < 4.78 is 8.04. The second-order valence-corrected chi connectivity index (χ2v) is 12.2. The van der Waals surface area contributed by atoms with E-state index < -0.39 is 0 Å². The van der Waals surface area contributed by atoms with Gasteiger partial charge in [0.25, 0.3) is 0 Å². The van der Waals surface area contributed by atoms with Gasteiger partial charge in [0.2, 0.25) is 0 Å². The molecule has 1 saturated heterocycles. The van der Waals surface area contributed by atoms with Gasteiger partial charge >= 0.3 is 12.1 Å². The van der Waals surface area contributed by atoms with Crippen LogP contribution in [-0.2, 0) is 13.0 Å². The van der Waals surface area contributed by atoms with Crippen molar-refractivity contribution in [3.05, 3.63) is 102 Å². The average Bonchev–Trinajstić information content (AvgIpc) is 3.49. The first-order valence-electron chi connectivity index (χ1n) is 16.4. The molecule has 0 atom stereocenters. The fourth-order valence-electron chi connectivity index (χ4n) is 5.65. The summed E-state index contributed by atoms with van der Waals surface area (Å²) in [6.45, 7) is 7.53. The quantitative estimate of drug-likeness (QED) is 0.149. The number of fused-ring (bicyclic) bond motifs is 1. The summed E-state index contributed by atoms with van der Waals surface area (Å²) in [7, 11) is 2.05. The van der Waals surface area contributed by atoms with Crippen LogP contribution in [0.25, 0.3) is 16.5 Å². The van der Waals surface area contributed by atoms with E-state index in [0.29, 0.717) is 36.2 Å². The first-order chi connectivity index (χ1) is 23.4. The van der Waals surface area contributed by atoms with Crippen molar-refractivity contribution in [2.75, 3.05) is 49.2 Å². The number of anilines is 3. The Morgan fingerprint density at radius 3 is 2.42 bits per heavy atom. The Morgan fingerprint density at radius 1 is 0.875 bits per heavy atom. The number of nitrogens with zero attached hydrogens (tertiary/aromatic N) is 5. The molecule has 4 amide bonds. The number of piperazine rings is 1. The van der Waals surface area contributed by atoms with Gasteiger partial charge in [0.15, 0.2) is 0 Å². The summed E-state index contributed by atoms with van der Waals surface area (Å²) in [6.07, 6.45) is 4.59. The molecular weight excluding hydrogens is 604 g/mol. The largest absolute Gasteiger partial charge is 0.488 e. The van der Waals surface area contributed by atoms with Gasteiger partial charge in [-0.25, -0.2) is 19.3 Å². The van der Waals surface area contributed by atoms with E-state index in [1.807, 2.05) is 85.8 Å². The molecule has 0 bridgehead atoms. The van der Waals surface area contributed by atoms with Crippen molar-refractivity contribution in [1.29, 1.82) is 0 Å². The average molecular weight is 647 g/mol. The number of urea groups is 2. The van der Waals surface area contributed by atoms with Crippen LogP contribution in [0.2, 0.25) is 0 Å². The summed E-state index contributed by atoms with van der Waals surface area (Å²) in [5.74, 6) is 1.76. The molecule has 3 aromatic carbocycles. The van der Waals surface area contributed by atoms with Crippen LogP contribution in [0.4, 0.5) is 26.9 Å². The predicted molar refractivity (Wildman–Crippen MR) is 190 cm³/mol. The molecule has 1 fully saturated rings. The second kappa shape index (κ2) is 15.0. The summed E-state index contributed by atoms with van der Waals surface area (Å²) in [6, 6.07) is 24.7. The lowest BCUT2D eigenvalue weighted by Gasteiger charge is -2.32. The van der Waals surface area contributed by atoms with Crippen molar-refractivity contribution < 1.29 is 14.3 Å². The number of pyridine rings is 1. The summed E-state index contributed by atoms with van der Waals surface area (Å²) in [5.41, 5.74) is 4.48. The van der Waals surface area contributed by atoms with E-state index >= 15 is 0 Å². The summed E-state index contributed by atoms with van der Waals surface area (Å²) in [5, 5.41) is 15.4. The van der Waals surface area contributed by atoms with Crippen molar-refractivity contribution in [3.63, 3.8) is 0 Å². The van der Waals surface area contributed by atoms with Crippen LogP contribution in [0.15, 0.2) is 85.1 Å². The minimum absolute atomic E-state index is 0.150. The van der Waals surface area contributed by atoms with Crippen LogP contribution in [0.3, 0.4) is 0 Å². The first-order valence-corrected chi connectivity index (χ1v) is 16.4. The highest BCUT2D eigenvalue weighted by atomic mass is 16.5. The normalized spacial score (nSPS) is 13.4. The number of ether oxygens (including phenoxy) is 1. The molecule has 6 rings (SSSR count). The number of amides is 4. The maximum Gasteiger partial charge on any atom is 0.324 e. The van der Waals surface area contributed by atoms with E-state index in [2.05, 4.69) is 39.8 Å². The van der Waals surface area contributed by atoms with Crippen molar-refractivity contribution >= 4 is 40.2 Å². The predicted octanol–water partition coefficient (Wildman–Crippen LogP) is 7.07. The Bertz CT molecular complexity index is 1880. The van der Waals surface area contributed by atoms with Crippen LogP contribution >= 0.6 is 0 Å². The molecule has 2 aromatic heterocycles. The fourth-order valence-corrected chi connectivity index (χ4v) is 5.65. The number of unbranched alkanes of at least 4 members (excludes halogenated alkanes) is 1. The number of hydrogen-bond donors (Lipinski definition) is 3. The monoisotopic (exact) mass is 646 g/mol. The molecule has 11 heteroatoms. The highest BCUT2D eigenvalue weighted by Crippen LogP contribution is 2.32. The van der Waals surface area contributed by atoms with E-state index in [1.54, 1.807) is 15.8 Å². The molecule has 3 heterocycles. The minimum atomic E-state index is -0.368. The highest BCUT2D eigenvalue weighted by molar-refractivity contribution is 6.07. The molecule has 48 heavy (non-hydrogen) atoms. The Labute approximate surface area is 280 Å². The van der Waals surface area contributed by atoms with Gasteiger partial charge in [-0.1, -0.05) is 55.3 Å². The number of likely N-dealkylation sites (N-methyl/N-ethyl adjacent to an activating group) is 1. The maximum absolute atomic E-state index is 13.4. The molecule has 11 nitrogen and oxygen atoms in total. The fraction of sp³-hybridized carbons (Fsp3) is 0.297. The van der Waals surface area contributed by atoms with E-state index in [-0.39, 0.29) is 18.7 Å². The standard InChI is InChI=1S/C37H42N8O3/c1-4-5-8-28-24-35(45(42-28)29-13-11-26(2)12-14-29)41-36(46)39-32-15-16-33(31-10-7-6-9-30(31)32)48-25-27-17-18-38-34(23-27)40-37(47)44-21-19-43(3)20-22-44/h6-7,9-18,23-24H,4-5,8,19-22,25H2,1-3H3,(H,38,40,47)(H2,39,41,46). The van der Waals surface area contributed by atoms with Crippen LogP contribution in [0.5, 0.6) is 5.75 Å². The van der Waals surface area contributed by atoms with Gasteiger partial charge in [0, 0.05) is 49.2 Å². The molecule has 0 spiro atoms. The van der Waals surface area contributed by atoms with Gasteiger partial charge in [0.05, 0.1) is 17.1 Å². The summed E-state index contributed by atoms with van der Waals surface area (Å²) >= 11 is 0. The molecule has 0 saturated carbocycles. The number of carbonyl (C=O) groups is 2. The van der Waals surface area contributed by atoms with Gasteiger partial charge in [-0.15, -0.1) is 0 Å². The van der Waals surface area contributed by atoms with Crippen molar-refractivity contribution in [3.8, 4) is 11.4 Å². The molecular formula is C37H42N8O3. The van der Waals surface area contributed by atoms with E-state index in [9.17, 15) is 9.59 Å². The molecule has 1 aliphatic rings. The first kappa shape index (κ1) is 32.5. The van der Waals surface area contributed by atoms with Gasteiger partial charge < -0.3 is 19.9 Å². The van der Waals surface area contributed by atoms with E-state index in [0.717, 1.165) is 65.6 Å². The number of carbonyl (C=O) groups excluding carboxylic acids is 2. The Kier molecular flexibility index (Phi) is 10.2. The number of aromatic nitrogens is 3. The van der Waals surface area contributed by atoms with E-state index in [4.69, 9.17) is 9.84 Å². The Balaban J connectivity index is 1.13. The zero-order valence-electron chi connectivity index (χ0n) is 27.7. The Morgan fingerprint density at radius 2 is 1.65 bits per heavy atom. The van der Waals surface area contributed by atoms with Gasteiger partial charge in [-0.3, -0.25) is 10.6 Å². The van der Waals surface area contributed by atoms with Gasteiger partial charge in [0.1, 0.15) is 24.0 Å². The molecule has 5 aromatic rings. The minimum Gasteiger partial charge on any atom is -0.488 e. The van der Waals surface area contributed by atoms with E-state index in [1.165, 1.54) is 0 Å². The van der Waals surface area contributed by atoms with Gasteiger partial charge in [-0.05, 0) is 68.8 Å². The number of hydrogen-bond acceptors (Lipinski definition) is 6. The van der Waals surface area contributed by atoms with Crippen molar-refractivity contribution in [2.45, 2.75) is 39.7 Å². The molecule has 0 unspecified atom stereocenters. The van der Waals surface area contributed by atoms with Crippen molar-refractivity contribution in [2.24, 2.45) is 0 Å². The molecule has 1 aliphatic heterocycles. The maximum atomic E-state index is 13.4. The Hall–Kier alpha value is -5.42. The number of aryl methyl sites for hydroxylation is 2.